The van der Waals surface area contributed by atoms with Gasteiger partial charge in [0, 0.05) is 15.8 Å². The number of carbonyl (C=O) groups is 2. The highest BCUT2D eigenvalue weighted by Crippen LogP contribution is 2.22. The van der Waals surface area contributed by atoms with Crippen molar-refractivity contribution in [3.05, 3.63) is 70.7 Å². The third-order valence-electron chi connectivity index (χ3n) is 3.58. The Morgan fingerprint density at radius 1 is 1.00 bits per heavy atom. The molecule has 0 aromatic heterocycles. The zero-order valence-electron chi connectivity index (χ0n) is 13.2. The molecule has 25 heavy (non-hydrogen) atoms. The number of fused-ring (bicyclic) bond motifs is 1. The average Bonchev–Trinajstić information content (AvgIpc) is 2.59. The summed E-state index contributed by atoms with van der Waals surface area (Å²) in [5.74, 6) is -1.06. The molecule has 0 aliphatic carbocycles. The normalized spacial score (nSPS) is 10.4. The summed E-state index contributed by atoms with van der Waals surface area (Å²) in [6.45, 7) is -0.391. The van der Waals surface area contributed by atoms with Gasteiger partial charge in [-0.15, -0.1) is 0 Å². The highest BCUT2D eigenvalue weighted by Gasteiger charge is 2.14. The van der Waals surface area contributed by atoms with Crippen molar-refractivity contribution in [1.82, 2.24) is 0 Å². The first kappa shape index (κ1) is 17.0. The van der Waals surface area contributed by atoms with Crippen LogP contribution < -0.4 is 11.1 Å². The van der Waals surface area contributed by atoms with Crippen molar-refractivity contribution in [1.29, 1.82) is 0 Å². The fourth-order valence-electron chi connectivity index (χ4n) is 2.41. The number of carbonyl (C=O) groups excluding carboxylic acids is 2. The Hall–Kier alpha value is -2.86. The number of amides is 1. The van der Waals surface area contributed by atoms with Gasteiger partial charge in [-0.05, 0) is 41.1 Å². The van der Waals surface area contributed by atoms with Gasteiger partial charge in [-0.25, -0.2) is 4.79 Å². The molecule has 3 aromatic carbocycles. The fourth-order valence-corrected chi connectivity index (χ4v) is 2.81. The zero-order valence-corrected chi connectivity index (χ0v) is 14.7. The molecule has 3 rings (SSSR count). The molecule has 0 unspecified atom stereocenters. The van der Waals surface area contributed by atoms with E-state index in [0.717, 1.165) is 15.2 Å². The van der Waals surface area contributed by atoms with E-state index in [-0.39, 0.29) is 5.56 Å². The van der Waals surface area contributed by atoms with Crippen LogP contribution in [0.1, 0.15) is 10.4 Å². The smallest absolute Gasteiger partial charge is 0.340 e. The lowest BCUT2D eigenvalue weighted by molar-refractivity contribution is -0.119. The maximum Gasteiger partial charge on any atom is 0.340 e. The van der Waals surface area contributed by atoms with E-state index in [1.54, 1.807) is 30.3 Å². The fraction of sp³-hybridized carbons (Fsp3) is 0.0526. The van der Waals surface area contributed by atoms with Crippen molar-refractivity contribution in [2.45, 2.75) is 0 Å². The van der Waals surface area contributed by atoms with Crippen molar-refractivity contribution in [2.75, 3.05) is 17.7 Å². The van der Waals surface area contributed by atoms with Crippen LogP contribution in [0.4, 0.5) is 11.4 Å². The molecule has 0 bridgehead atoms. The minimum atomic E-state index is -0.632. The number of anilines is 2. The maximum atomic E-state index is 12.2. The quantitative estimate of drug-likeness (QED) is 0.514. The highest BCUT2D eigenvalue weighted by atomic mass is 79.9. The maximum absolute atomic E-state index is 12.2. The summed E-state index contributed by atoms with van der Waals surface area (Å²) in [7, 11) is 0. The lowest BCUT2D eigenvalue weighted by atomic mass is 10.1. The molecule has 1 amide bonds. The van der Waals surface area contributed by atoms with E-state index in [9.17, 15) is 9.59 Å². The lowest BCUT2D eigenvalue weighted by Crippen LogP contribution is -2.21. The molecule has 0 aliphatic rings. The van der Waals surface area contributed by atoms with E-state index in [1.165, 1.54) is 0 Å². The zero-order chi connectivity index (χ0) is 17.8. The Bertz CT molecular complexity index is 956. The summed E-state index contributed by atoms with van der Waals surface area (Å²) >= 11 is 3.32. The average molecular weight is 399 g/mol. The molecule has 0 aliphatic heterocycles. The number of nitrogen functional groups attached to an aromatic ring is 1. The monoisotopic (exact) mass is 398 g/mol. The van der Waals surface area contributed by atoms with E-state index in [4.69, 9.17) is 10.5 Å². The first-order valence-electron chi connectivity index (χ1n) is 7.54. The van der Waals surface area contributed by atoms with Gasteiger partial charge in [0.1, 0.15) is 0 Å². The number of esters is 1. The van der Waals surface area contributed by atoms with Crippen molar-refractivity contribution in [3.8, 4) is 0 Å². The standard InChI is InChI=1S/C19H15BrN2O3/c20-14-6-3-7-15(10-14)22-18(23)11-25-19(24)16-8-12-4-1-2-5-13(12)9-17(16)21/h1-10H,11,21H2,(H,22,23). The van der Waals surface area contributed by atoms with Crippen LogP contribution in [0.5, 0.6) is 0 Å². The number of rotatable bonds is 4. The molecule has 0 atom stereocenters. The number of hydrogen-bond acceptors (Lipinski definition) is 4. The first-order valence-corrected chi connectivity index (χ1v) is 8.33. The van der Waals surface area contributed by atoms with E-state index in [2.05, 4.69) is 21.2 Å². The molecular formula is C19H15BrN2O3. The van der Waals surface area contributed by atoms with Crippen molar-refractivity contribution in [2.24, 2.45) is 0 Å². The third kappa shape index (κ3) is 4.16. The number of halogens is 1. The van der Waals surface area contributed by atoms with Crippen LogP contribution in [0.25, 0.3) is 10.8 Å². The van der Waals surface area contributed by atoms with Gasteiger partial charge in [-0.2, -0.15) is 0 Å². The molecule has 0 saturated carbocycles. The van der Waals surface area contributed by atoms with Crippen molar-refractivity contribution >= 4 is 50.0 Å². The highest BCUT2D eigenvalue weighted by molar-refractivity contribution is 9.10. The Kier molecular flexibility index (Phi) is 5.00. The molecule has 3 N–H and O–H groups in total. The number of benzene rings is 3. The second kappa shape index (κ2) is 7.36. The topological polar surface area (TPSA) is 81.4 Å². The summed E-state index contributed by atoms with van der Waals surface area (Å²) < 4.78 is 5.92. The molecule has 0 saturated heterocycles. The van der Waals surface area contributed by atoms with Gasteiger partial charge < -0.3 is 15.8 Å². The SMILES string of the molecule is Nc1cc2ccccc2cc1C(=O)OCC(=O)Nc1cccc(Br)c1. The number of ether oxygens (including phenoxy) is 1. The van der Waals surface area contributed by atoms with E-state index < -0.39 is 18.5 Å². The first-order chi connectivity index (χ1) is 12.0. The summed E-state index contributed by atoms with van der Waals surface area (Å²) in [6, 6.07) is 18.1. The summed E-state index contributed by atoms with van der Waals surface area (Å²) in [5, 5.41) is 4.47. The Morgan fingerprint density at radius 3 is 2.44 bits per heavy atom. The predicted molar refractivity (Wildman–Crippen MR) is 101 cm³/mol. The number of nitrogens with one attached hydrogen (secondary N) is 1. The second-order valence-corrected chi connectivity index (χ2v) is 6.34. The minimum absolute atomic E-state index is 0.244. The van der Waals surface area contributed by atoms with Gasteiger partial charge in [0.25, 0.3) is 5.91 Å². The van der Waals surface area contributed by atoms with Crippen molar-refractivity contribution in [3.63, 3.8) is 0 Å². The van der Waals surface area contributed by atoms with Gasteiger partial charge in [0.15, 0.2) is 6.61 Å². The number of hydrogen-bond donors (Lipinski definition) is 2. The molecule has 0 fully saturated rings. The molecule has 5 nitrogen and oxygen atoms in total. The molecule has 0 heterocycles. The van der Waals surface area contributed by atoms with E-state index in [1.807, 2.05) is 30.3 Å². The molecule has 126 valence electrons. The lowest BCUT2D eigenvalue weighted by Gasteiger charge is -2.09. The van der Waals surface area contributed by atoms with Crippen LogP contribution in [0, 0.1) is 0 Å². The van der Waals surface area contributed by atoms with Gasteiger partial charge in [-0.1, -0.05) is 46.3 Å². The second-order valence-electron chi connectivity index (χ2n) is 5.42. The van der Waals surface area contributed by atoms with Gasteiger partial charge in [-0.3, -0.25) is 4.79 Å². The Balaban J connectivity index is 1.66. The van der Waals surface area contributed by atoms with Crippen LogP contribution in [0.3, 0.4) is 0 Å². The van der Waals surface area contributed by atoms with Gasteiger partial charge in [0.05, 0.1) is 5.56 Å². The molecule has 6 heteroatoms. The minimum Gasteiger partial charge on any atom is -0.452 e. The van der Waals surface area contributed by atoms with Gasteiger partial charge in [0.2, 0.25) is 0 Å². The predicted octanol–water partition coefficient (Wildman–Crippen LogP) is 3.98. The number of nitrogens with two attached hydrogens (primary N) is 1. The van der Waals surface area contributed by atoms with Crippen LogP contribution in [-0.2, 0) is 9.53 Å². The Labute approximate surface area is 152 Å². The summed E-state index contributed by atoms with van der Waals surface area (Å²) in [4.78, 5) is 24.2. The van der Waals surface area contributed by atoms with Crippen LogP contribution >= 0.6 is 15.9 Å². The van der Waals surface area contributed by atoms with Crippen LogP contribution in [-0.4, -0.2) is 18.5 Å². The summed E-state index contributed by atoms with van der Waals surface area (Å²) in [5.41, 5.74) is 7.10. The van der Waals surface area contributed by atoms with E-state index in [0.29, 0.717) is 11.4 Å². The Morgan fingerprint density at radius 2 is 1.72 bits per heavy atom. The third-order valence-corrected chi connectivity index (χ3v) is 4.07. The molecule has 0 radical (unpaired) electrons. The molecule has 3 aromatic rings. The van der Waals surface area contributed by atoms with E-state index >= 15 is 0 Å². The largest absolute Gasteiger partial charge is 0.452 e. The van der Waals surface area contributed by atoms with Crippen LogP contribution in [0.2, 0.25) is 0 Å². The summed E-state index contributed by atoms with van der Waals surface area (Å²) in [6.07, 6.45) is 0. The van der Waals surface area contributed by atoms with Gasteiger partial charge >= 0.3 is 5.97 Å². The van der Waals surface area contributed by atoms with Crippen LogP contribution in [0.15, 0.2) is 65.1 Å². The van der Waals surface area contributed by atoms with Crippen molar-refractivity contribution < 1.29 is 14.3 Å². The molecular weight excluding hydrogens is 384 g/mol. The molecule has 0 spiro atoms.